The van der Waals surface area contributed by atoms with E-state index in [-0.39, 0.29) is 23.0 Å². The van der Waals surface area contributed by atoms with Crippen LogP contribution in [0.15, 0.2) is 12.2 Å². The maximum Gasteiger partial charge on any atom is 0.407 e. The molecule has 0 spiro atoms. The molecule has 198 valence electrons. The minimum atomic E-state index is -0.158. The molecule has 0 saturated heterocycles. The first-order valence-corrected chi connectivity index (χ1v) is 15.1. The Morgan fingerprint density at radius 1 is 1.00 bits per heavy atom. The minimum absolute atomic E-state index is 0.102. The zero-order chi connectivity index (χ0) is 24.9. The summed E-state index contributed by atoms with van der Waals surface area (Å²) in [7, 11) is 2.00. The summed E-state index contributed by atoms with van der Waals surface area (Å²) in [6.45, 7) is 5.72. The summed E-state index contributed by atoms with van der Waals surface area (Å²) >= 11 is 0. The number of carbonyl (C=O) groups excluding carboxylic acids is 2. The van der Waals surface area contributed by atoms with E-state index < -0.39 is 0 Å². The topological polar surface area (TPSA) is 58.6 Å². The van der Waals surface area contributed by atoms with Crippen molar-refractivity contribution in [3.63, 3.8) is 0 Å². The molecule has 1 aliphatic heterocycles. The summed E-state index contributed by atoms with van der Waals surface area (Å²) in [5.41, 5.74) is 0.248. The van der Waals surface area contributed by atoms with E-state index in [4.69, 9.17) is 4.74 Å². The van der Waals surface area contributed by atoms with Crippen LogP contribution in [0.2, 0.25) is 0 Å². The van der Waals surface area contributed by atoms with Gasteiger partial charge in [-0.15, -0.1) is 0 Å². The number of hydrogen-bond acceptors (Lipinski definition) is 3. The van der Waals surface area contributed by atoms with Crippen molar-refractivity contribution < 1.29 is 14.3 Å². The number of carbonyl (C=O) groups is 2. The highest BCUT2D eigenvalue weighted by atomic mass is 16.6. The van der Waals surface area contributed by atoms with Crippen LogP contribution in [0.25, 0.3) is 0 Å². The normalized spacial score (nSPS) is 52.5. The molecule has 2 amide bonds. The van der Waals surface area contributed by atoms with Crippen molar-refractivity contribution in [3.05, 3.63) is 12.2 Å². The molecule has 5 nitrogen and oxygen atoms in total. The van der Waals surface area contributed by atoms with Crippen LogP contribution in [-0.4, -0.2) is 42.1 Å². The van der Waals surface area contributed by atoms with Crippen LogP contribution in [0, 0.1) is 52.3 Å². The second kappa shape index (κ2) is 7.99. The van der Waals surface area contributed by atoms with Crippen molar-refractivity contribution in [2.45, 2.75) is 103 Å². The second-order valence-corrected chi connectivity index (χ2v) is 14.8. The fourth-order valence-corrected chi connectivity index (χ4v) is 11.8. The molecule has 1 heterocycles. The molecule has 5 heteroatoms. The molecule has 7 aliphatic carbocycles. The predicted octanol–water partition coefficient (Wildman–Crippen LogP) is 5.94. The van der Waals surface area contributed by atoms with E-state index in [1.165, 1.54) is 51.4 Å². The van der Waals surface area contributed by atoms with E-state index >= 15 is 0 Å². The lowest BCUT2D eigenvalue weighted by Crippen LogP contribution is -2.59. The number of amides is 2. The summed E-state index contributed by atoms with van der Waals surface area (Å²) in [6, 6.07) is 0.346. The number of hydrogen-bond donors (Lipinski definition) is 1. The molecule has 8 aliphatic rings. The Hall–Kier alpha value is -1.52. The highest BCUT2D eigenvalue weighted by molar-refractivity contribution is 5.89. The lowest BCUT2D eigenvalue weighted by atomic mass is 9.47. The van der Waals surface area contributed by atoms with Gasteiger partial charge in [0.15, 0.2) is 0 Å². The first-order chi connectivity index (χ1) is 17.2. The van der Waals surface area contributed by atoms with Crippen molar-refractivity contribution >= 4 is 12.0 Å². The van der Waals surface area contributed by atoms with Gasteiger partial charge in [-0.3, -0.25) is 4.79 Å². The average Bonchev–Trinajstić information content (AvgIpc) is 3.15. The van der Waals surface area contributed by atoms with Crippen LogP contribution in [0.4, 0.5) is 4.79 Å². The first kappa shape index (κ1) is 23.6. The van der Waals surface area contributed by atoms with E-state index in [2.05, 4.69) is 25.2 Å². The molecule has 0 aromatic heterocycles. The lowest BCUT2D eigenvalue weighted by molar-refractivity contribution is -0.139. The molecular weight excluding hydrogens is 448 g/mol. The molecule has 0 aromatic carbocycles. The van der Waals surface area contributed by atoms with Crippen LogP contribution in [0.3, 0.4) is 0 Å². The number of nitrogens with zero attached hydrogens (tertiary/aromatic N) is 1. The fraction of sp³-hybridized carbons (Fsp3) is 0.871. The van der Waals surface area contributed by atoms with E-state index in [0.717, 1.165) is 61.8 Å². The SMILES string of the molecule is CN1C(=O)C=C[C@]2(C)[C@H]3CC[C@]4(C)[C@@H](CNC(=O)OC56CC7CC(CC(C7)C5)C6)CC[C@H]4[C@@H]3CC[C@@H]12. The van der Waals surface area contributed by atoms with E-state index in [1.807, 2.05) is 18.0 Å². The second-order valence-electron chi connectivity index (χ2n) is 14.8. The summed E-state index contributed by atoms with van der Waals surface area (Å²) in [6.07, 6.45) is 18.7. The zero-order valence-electron chi connectivity index (χ0n) is 22.6. The Morgan fingerprint density at radius 2 is 1.69 bits per heavy atom. The third-order valence-electron chi connectivity index (χ3n) is 13.1. The summed E-state index contributed by atoms with van der Waals surface area (Å²) in [5.74, 6) is 5.23. The Labute approximate surface area is 217 Å². The Bertz CT molecular complexity index is 940. The van der Waals surface area contributed by atoms with Crippen LogP contribution >= 0.6 is 0 Å². The Morgan fingerprint density at radius 3 is 2.39 bits per heavy atom. The third kappa shape index (κ3) is 3.39. The number of nitrogens with one attached hydrogen (secondary N) is 1. The van der Waals surface area contributed by atoms with Crippen molar-refractivity contribution in [2.24, 2.45) is 52.3 Å². The monoisotopic (exact) mass is 494 g/mol. The Balaban J connectivity index is 1.01. The summed E-state index contributed by atoms with van der Waals surface area (Å²) < 4.78 is 6.27. The van der Waals surface area contributed by atoms with Crippen molar-refractivity contribution in [3.8, 4) is 0 Å². The van der Waals surface area contributed by atoms with Gasteiger partial charge in [0.25, 0.3) is 0 Å². The molecular formula is C31H46N2O3. The standard InChI is InChI=1S/C31H46N2O3/c1-29-10-8-25-23(5-7-26-30(25,2)11-9-27(34)33(26)3)24(29)6-4-22(29)18-32-28(35)36-31-15-19-12-20(16-31)14-21(13-19)17-31/h9,11,19-26H,4-8,10,12-18H2,1-3H3,(H,32,35)/t19?,20?,21?,22-,23+,24+,25+,26-,29-,30-,31?/m1/s1. The maximum absolute atomic E-state index is 13.1. The van der Waals surface area contributed by atoms with Crippen LogP contribution in [0.5, 0.6) is 0 Å². The number of fused-ring (bicyclic) bond motifs is 5. The van der Waals surface area contributed by atoms with Gasteiger partial charge < -0.3 is 15.0 Å². The Kier molecular flexibility index (Phi) is 5.24. The number of ether oxygens (including phenoxy) is 1. The molecule has 36 heavy (non-hydrogen) atoms. The molecule has 1 N–H and O–H groups in total. The lowest BCUT2D eigenvalue weighted by Gasteiger charge is -2.60. The number of alkyl carbamates (subject to hydrolysis) is 1. The van der Waals surface area contributed by atoms with Gasteiger partial charge >= 0.3 is 6.09 Å². The van der Waals surface area contributed by atoms with Crippen LogP contribution in [0.1, 0.15) is 90.9 Å². The van der Waals surface area contributed by atoms with Gasteiger partial charge in [0.2, 0.25) is 5.91 Å². The molecule has 0 unspecified atom stereocenters. The van der Waals surface area contributed by atoms with Gasteiger partial charge in [0.1, 0.15) is 5.60 Å². The van der Waals surface area contributed by atoms with Gasteiger partial charge in [-0.05, 0) is 130 Å². The highest BCUT2D eigenvalue weighted by Crippen LogP contribution is 2.65. The van der Waals surface area contributed by atoms with Crippen molar-refractivity contribution in [1.82, 2.24) is 10.2 Å². The largest absolute Gasteiger partial charge is 0.443 e. The maximum atomic E-state index is 13.1. The van der Waals surface area contributed by atoms with Crippen molar-refractivity contribution in [1.29, 1.82) is 0 Å². The number of rotatable bonds is 3. The van der Waals surface area contributed by atoms with Gasteiger partial charge in [0.05, 0.1) is 0 Å². The predicted molar refractivity (Wildman–Crippen MR) is 139 cm³/mol. The van der Waals surface area contributed by atoms with E-state index in [9.17, 15) is 9.59 Å². The molecule has 7 fully saturated rings. The molecule has 8 rings (SSSR count). The quantitative estimate of drug-likeness (QED) is 0.528. The van der Waals surface area contributed by atoms with Crippen molar-refractivity contribution in [2.75, 3.05) is 13.6 Å². The number of likely N-dealkylation sites (N-methyl/N-ethyl adjacent to an activating group) is 1. The van der Waals surface area contributed by atoms with E-state index in [1.54, 1.807) is 0 Å². The molecule has 7 atom stereocenters. The van der Waals surface area contributed by atoms with Gasteiger partial charge in [0, 0.05) is 25.0 Å². The average molecular weight is 495 g/mol. The van der Waals surface area contributed by atoms with Crippen LogP contribution in [-0.2, 0) is 9.53 Å². The van der Waals surface area contributed by atoms with Crippen LogP contribution < -0.4 is 5.32 Å². The molecule has 7 saturated carbocycles. The van der Waals surface area contributed by atoms with Gasteiger partial charge in [-0.1, -0.05) is 19.9 Å². The summed E-state index contributed by atoms with van der Waals surface area (Å²) in [4.78, 5) is 27.4. The summed E-state index contributed by atoms with van der Waals surface area (Å²) in [5, 5.41) is 3.28. The third-order valence-corrected chi connectivity index (χ3v) is 13.1. The molecule has 0 aromatic rings. The fourth-order valence-electron chi connectivity index (χ4n) is 11.8. The first-order valence-electron chi connectivity index (χ1n) is 15.1. The van der Waals surface area contributed by atoms with Gasteiger partial charge in [-0.25, -0.2) is 4.79 Å². The van der Waals surface area contributed by atoms with E-state index in [0.29, 0.717) is 23.3 Å². The zero-order valence-corrected chi connectivity index (χ0v) is 22.6. The molecule has 4 bridgehead atoms. The minimum Gasteiger partial charge on any atom is -0.443 e. The highest BCUT2D eigenvalue weighted by Gasteiger charge is 2.60. The molecule has 0 radical (unpaired) electrons. The van der Waals surface area contributed by atoms with Gasteiger partial charge in [-0.2, -0.15) is 0 Å². The smallest absolute Gasteiger partial charge is 0.407 e.